The standard InChI is InChI=1S/C25H35F4N3O3S/c1-8-36(33,34)32-21-19(9-10-20(31-21)35-15-25(28,29)22(26)27)30-14-16-11-17(23(2,3)4)13-18(12-16)24(5,6)7/h9-13,22,30H,8,14-15H2,1-7H3,(H,31,32). The summed E-state index contributed by atoms with van der Waals surface area (Å²) in [7, 11) is -3.78. The van der Waals surface area contributed by atoms with Crippen molar-refractivity contribution in [3.8, 4) is 5.88 Å². The van der Waals surface area contributed by atoms with Crippen LogP contribution in [0.1, 0.15) is 65.2 Å². The van der Waals surface area contributed by atoms with Crippen LogP contribution in [0, 0.1) is 0 Å². The Morgan fingerprint density at radius 3 is 2.00 bits per heavy atom. The molecule has 1 heterocycles. The second-order valence-electron chi connectivity index (χ2n) is 10.7. The Morgan fingerprint density at radius 2 is 1.53 bits per heavy atom. The fraction of sp³-hybridized carbons (Fsp3) is 0.560. The molecular formula is C25H35F4N3O3S. The summed E-state index contributed by atoms with van der Waals surface area (Å²) in [4.78, 5) is 3.94. The van der Waals surface area contributed by atoms with E-state index >= 15 is 0 Å². The van der Waals surface area contributed by atoms with E-state index in [9.17, 15) is 26.0 Å². The van der Waals surface area contributed by atoms with Crippen molar-refractivity contribution in [2.24, 2.45) is 0 Å². The average molecular weight is 534 g/mol. The van der Waals surface area contributed by atoms with E-state index in [0.717, 1.165) is 16.7 Å². The van der Waals surface area contributed by atoms with Crippen LogP contribution in [0.5, 0.6) is 5.88 Å². The van der Waals surface area contributed by atoms with E-state index in [4.69, 9.17) is 4.74 Å². The fourth-order valence-electron chi connectivity index (χ4n) is 3.05. The molecule has 2 rings (SSSR count). The Bertz CT molecular complexity index is 1130. The van der Waals surface area contributed by atoms with Crippen LogP contribution in [-0.2, 0) is 27.4 Å². The molecule has 0 radical (unpaired) electrons. The van der Waals surface area contributed by atoms with Crippen LogP contribution in [0.2, 0.25) is 0 Å². The van der Waals surface area contributed by atoms with Crippen molar-refractivity contribution in [1.82, 2.24) is 4.98 Å². The van der Waals surface area contributed by atoms with Gasteiger partial charge in [-0.1, -0.05) is 59.7 Å². The summed E-state index contributed by atoms with van der Waals surface area (Å²) in [5, 5.41) is 3.14. The van der Waals surface area contributed by atoms with Gasteiger partial charge < -0.3 is 10.1 Å². The normalized spacial score (nSPS) is 13.1. The molecule has 0 aliphatic heterocycles. The first-order valence-corrected chi connectivity index (χ1v) is 13.2. The van der Waals surface area contributed by atoms with E-state index in [1.54, 1.807) is 0 Å². The van der Waals surface area contributed by atoms with Gasteiger partial charge in [-0.2, -0.15) is 13.8 Å². The van der Waals surface area contributed by atoms with E-state index in [1.807, 2.05) is 0 Å². The highest BCUT2D eigenvalue weighted by Crippen LogP contribution is 2.32. The lowest BCUT2D eigenvalue weighted by atomic mass is 9.79. The first-order valence-electron chi connectivity index (χ1n) is 11.5. The molecule has 0 saturated carbocycles. The summed E-state index contributed by atoms with van der Waals surface area (Å²) in [5.41, 5.74) is 3.31. The molecule has 0 saturated heterocycles. The van der Waals surface area contributed by atoms with Gasteiger partial charge in [-0.05, 0) is 40.5 Å². The maximum Gasteiger partial charge on any atom is 0.340 e. The number of alkyl halides is 4. The van der Waals surface area contributed by atoms with Crippen LogP contribution in [-0.4, -0.2) is 38.1 Å². The summed E-state index contributed by atoms with van der Waals surface area (Å²) in [5.74, 6) is -5.23. The number of pyridine rings is 1. The number of anilines is 2. The Labute approximate surface area is 210 Å². The quantitative estimate of drug-likeness (QED) is 0.349. The lowest BCUT2D eigenvalue weighted by Crippen LogP contribution is -2.34. The van der Waals surface area contributed by atoms with Gasteiger partial charge in [0, 0.05) is 12.6 Å². The molecule has 1 aromatic carbocycles. The van der Waals surface area contributed by atoms with Gasteiger partial charge in [0.15, 0.2) is 12.4 Å². The number of nitrogens with zero attached hydrogens (tertiary/aromatic N) is 1. The van der Waals surface area contributed by atoms with Gasteiger partial charge in [0.25, 0.3) is 0 Å². The zero-order valence-electron chi connectivity index (χ0n) is 21.7. The van der Waals surface area contributed by atoms with Gasteiger partial charge >= 0.3 is 12.3 Å². The Balaban J connectivity index is 2.38. The van der Waals surface area contributed by atoms with Crippen molar-refractivity contribution in [3.05, 3.63) is 47.0 Å². The monoisotopic (exact) mass is 533 g/mol. The highest BCUT2D eigenvalue weighted by molar-refractivity contribution is 7.92. The summed E-state index contributed by atoms with van der Waals surface area (Å²) in [6.07, 6.45) is -3.90. The number of rotatable bonds is 10. The summed E-state index contributed by atoms with van der Waals surface area (Å²) < 4.78 is 82.8. The van der Waals surface area contributed by atoms with E-state index < -0.39 is 34.9 Å². The fourth-order valence-corrected chi connectivity index (χ4v) is 3.65. The molecule has 202 valence electrons. The molecule has 0 fully saturated rings. The number of ether oxygens (including phenoxy) is 1. The molecule has 36 heavy (non-hydrogen) atoms. The Morgan fingerprint density at radius 1 is 0.972 bits per heavy atom. The van der Waals surface area contributed by atoms with Gasteiger partial charge in [0.1, 0.15) is 0 Å². The van der Waals surface area contributed by atoms with Crippen LogP contribution in [0.4, 0.5) is 29.1 Å². The van der Waals surface area contributed by atoms with Crippen molar-refractivity contribution < 1.29 is 30.7 Å². The van der Waals surface area contributed by atoms with Crippen molar-refractivity contribution >= 4 is 21.5 Å². The number of halogens is 4. The SMILES string of the molecule is CCS(=O)(=O)Nc1nc(OCC(F)(F)C(F)F)ccc1NCc1cc(C(C)(C)C)cc(C(C)(C)C)c1. The first-order chi connectivity index (χ1) is 16.3. The minimum absolute atomic E-state index is 0.0985. The van der Waals surface area contributed by atoms with Crippen LogP contribution in [0.25, 0.3) is 0 Å². The van der Waals surface area contributed by atoms with Gasteiger partial charge in [0.2, 0.25) is 15.9 Å². The second-order valence-corrected chi connectivity index (χ2v) is 12.7. The van der Waals surface area contributed by atoms with Gasteiger partial charge in [0.05, 0.1) is 11.4 Å². The van der Waals surface area contributed by atoms with Crippen molar-refractivity contribution in [1.29, 1.82) is 0 Å². The predicted octanol–water partition coefficient (Wildman–Crippen LogP) is 6.33. The molecule has 0 amide bonds. The van der Waals surface area contributed by atoms with Crippen molar-refractivity contribution in [2.45, 2.75) is 78.2 Å². The Kier molecular flexibility index (Phi) is 8.92. The lowest BCUT2D eigenvalue weighted by Gasteiger charge is -2.26. The number of hydrogen-bond acceptors (Lipinski definition) is 5. The molecular weight excluding hydrogens is 498 g/mol. The van der Waals surface area contributed by atoms with Gasteiger partial charge in [-0.3, -0.25) is 4.72 Å². The van der Waals surface area contributed by atoms with Gasteiger partial charge in [-0.15, -0.1) is 0 Å². The van der Waals surface area contributed by atoms with Crippen LogP contribution >= 0.6 is 0 Å². The molecule has 0 atom stereocenters. The maximum atomic E-state index is 13.3. The number of nitrogens with one attached hydrogen (secondary N) is 2. The molecule has 1 aromatic heterocycles. The molecule has 0 aliphatic carbocycles. The smallest absolute Gasteiger partial charge is 0.340 e. The Hall–Kier alpha value is -2.56. The van der Waals surface area contributed by atoms with Crippen molar-refractivity contribution in [2.75, 3.05) is 22.4 Å². The summed E-state index contributed by atoms with van der Waals surface area (Å²) in [6, 6.07) is 8.91. The number of benzene rings is 1. The number of sulfonamides is 1. The third-order valence-electron chi connectivity index (χ3n) is 5.44. The predicted molar refractivity (Wildman–Crippen MR) is 135 cm³/mol. The lowest BCUT2D eigenvalue weighted by molar-refractivity contribution is -0.148. The highest BCUT2D eigenvalue weighted by Gasteiger charge is 2.42. The zero-order valence-corrected chi connectivity index (χ0v) is 22.5. The molecule has 0 bridgehead atoms. The van der Waals surface area contributed by atoms with E-state index in [0.29, 0.717) is 6.54 Å². The van der Waals surface area contributed by atoms with E-state index in [1.165, 1.54) is 19.1 Å². The summed E-state index contributed by atoms with van der Waals surface area (Å²) >= 11 is 0. The molecule has 0 aliphatic rings. The molecule has 11 heteroatoms. The summed E-state index contributed by atoms with van der Waals surface area (Å²) in [6.45, 7) is 12.8. The number of hydrogen-bond donors (Lipinski definition) is 2. The third kappa shape index (κ3) is 8.25. The minimum atomic E-state index is -4.37. The largest absolute Gasteiger partial charge is 0.471 e. The molecule has 0 spiro atoms. The molecule has 6 nitrogen and oxygen atoms in total. The highest BCUT2D eigenvalue weighted by atomic mass is 32.2. The van der Waals surface area contributed by atoms with Crippen molar-refractivity contribution in [3.63, 3.8) is 0 Å². The molecule has 2 aromatic rings. The molecule has 2 N–H and O–H groups in total. The topological polar surface area (TPSA) is 80.3 Å². The average Bonchev–Trinajstić information content (AvgIpc) is 2.75. The maximum absolute atomic E-state index is 13.3. The second kappa shape index (κ2) is 10.8. The van der Waals surface area contributed by atoms with Crippen LogP contribution < -0.4 is 14.8 Å². The first kappa shape index (κ1) is 29.7. The van der Waals surface area contributed by atoms with E-state index in [-0.39, 0.29) is 28.1 Å². The number of aromatic nitrogens is 1. The van der Waals surface area contributed by atoms with Crippen LogP contribution in [0.15, 0.2) is 30.3 Å². The van der Waals surface area contributed by atoms with E-state index in [2.05, 4.69) is 74.8 Å². The van der Waals surface area contributed by atoms with Gasteiger partial charge in [-0.25, -0.2) is 17.2 Å². The van der Waals surface area contributed by atoms with Crippen LogP contribution in [0.3, 0.4) is 0 Å². The third-order valence-corrected chi connectivity index (χ3v) is 6.71. The minimum Gasteiger partial charge on any atom is -0.471 e. The zero-order chi connectivity index (χ0) is 27.5. The molecule has 0 unspecified atom stereocenters.